The lowest BCUT2D eigenvalue weighted by Gasteiger charge is -2.18. The van der Waals surface area contributed by atoms with Gasteiger partial charge in [-0.3, -0.25) is 14.4 Å². The van der Waals surface area contributed by atoms with E-state index in [2.05, 4.69) is 93.7 Å². The third-order valence-electron chi connectivity index (χ3n) is 14.9. The van der Waals surface area contributed by atoms with E-state index in [9.17, 15) is 14.4 Å². The molecule has 0 rings (SSSR count). The molecule has 78 heavy (non-hydrogen) atoms. The molecule has 0 amide bonds. The van der Waals surface area contributed by atoms with Crippen molar-refractivity contribution in [3.8, 4) is 0 Å². The molecule has 0 N–H and O–H groups in total. The fourth-order valence-corrected chi connectivity index (χ4v) is 9.88. The number of unbranched alkanes of at least 4 members (excludes halogenated alkanes) is 39. The highest BCUT2D eigenvalue weighted by Gasteiger charge is 2.19. The molecule has 0 fully saturated rings. The summed E-state index contributed by atoms with van der Waals surface area (Å²) < 4.78 is 16.9. The van der Waals surface area contributed by atoms with Crippen molar-refractivity contribution >= 4 is 17.9 Å². The van der Waals surface area contributed by atoms with Gasteiger partial charge in [0.05, 0.1) is 0 Å². The lowest BCUT2D eigenvalue weighted by atomic mass is 10.0. The second-order valence-corrected chi connectivity index (χ2v) is 22.7. The molecule has 1 unspecified atom stereocenters. The van der Waals surface area contributed by atoms with Crippen molar-refractivity contribution in [1.29, 1.82) is 0 Å². The van der Waals surface area contributed by atoms with Gasteiger partial charge >= 0.3 is 17.9 Å². The smallest absolute Gasteiger partial charge is 0.306 e. The molecule has 0 radical (unpaired) electrons. The monoisotopic (exact) mass is 1090 g/mol. The summed E-state index contributed by atoms with van der Waals surface area (Å²) in [4.78, 5) is 38.2. The summed E-state index contributed by atoms with van der Waals surface area (Å²) in [7, 11) is 0. The van der Waals surface area contributed by atoms with Gasteiger partial charge in [0.25, 0.3) is 0 Å². The van der Waals surface area contributed by atoms with E-state index in [4.69, 9.17) is 14.2 Å². The number of ether oxygens (including phenoxy) is 3. The highest BCUT2D eigenvalue weighted by atomic mass is 16.6. The van der Waals surface area contributed by atoms with Gasteiger partial charge in [0.1, 0.15) is 13.2 Å². The fraction of sp³-hybridized carbons (Fsp3) is 0.792. The van der Waals surface area contributed by atoms with Crippen molar-refractivity contribution in [1.82, 2.24) is 0 Å². The molecule has 6 heteroatoms. The van der Waals surface area contributed by atoms with Gasteiger partial charge in [-0.25, -0.2) is 0 Å². The number of allylic oxidation sites excluding steroid dienone is 12. The van der Waals surface area contributed by atoms with E-state index in [1.807, 2.05) is 0 Å². The van der Waals surface area contributed by atoms with Crippen LogP contribution in [0.1, 0.15) is 348 Å². The molecule has 0 aliphatic heterocycles. The molecule has 452 valence electrons. The Bertz CT molecular complexity index is 1440. The summed E-state index contributed by atoms with van der Waals surface area (Å²) in [5.74, 6) is -0.858. The summed E-state index contributed by atoms with van der Waals surface area (Å²) in [6.07, 6.45) is 86.5. The minimum Gasteiger partial charge on any atom is -0.462 e. The molecule has 0 spiro atoms. The van der Waals surface area contributed by atoms with Crippen LogP contribution in [0.4, 0.5) is 0 Å². The maximum Gasteiger partial charge on any atom is 0.306 e. The van der Waals surface area contributed by atoms with Crippen molar-refractivity contribution in [2.75, 3.05) is 13.2 Å². The minimum absolute atomic E-state index is 0.0713. The van der Waals surface area contributed by atoms with Crippen LogP contribution in [0.2, 0.25) is 0 Å². The number of rotatable bonds is 62. The summed E-state index contributed by atoms with van der Waals surface area (Å²) in [5, 5.41) is 0. The number of carbonyl (C=O) groups excluding carboxylic acids is 3. The van der Waals surface area contributed by atoms with Crippen LogP contribution in [0.5, 0.6) is 0 Å². The van der Waals surface area contributed by atoms with E-state index >= 15 is 0 Å². The molecular formula is C72H128O6. The topological polar surface area (TPSA) is 78.9 Å². The molecule has 0 saturated carbocycles. The molecule has 0 aliphatic carbocycles. The molecule has 0 aliphatic rings. The summed E-state index contributed by atoms with van der Waals surface area (Å²) in [6, 6.07) is 0. The van der Waals surface area contributed by atoms with Crippen LogP contribution in [0, 0.1) is 0 Å². The Balaban J connectivity index is 4.10. The standard InChI is InChI=1S/C72H128O6/c1-4-7-10-13-16-19-22-24-26-28-29-30-31-32-33-34-35-36-37-38-39-40-41-42-43-45-46-48-50-53-56-59-62-65-71(74)77-68-69(67-76-70(73)64-61-58-55-52-21-18-15-12-9-6-3)78-72(75)66-63-60-57-54-51-49-47-44-27-25-23-20-17-14-11-8-5-2/h7,10,16,19,24-27,29-30,32-33,69H,4-6,8-9,11-15,17-18,20-23,28,31,34-68H2,1-3H3/b10-7-,19-16-,26-24-,27-25-,30-29-,33-32-. The SMILES string of the molecule is CC/C=C\C/C=C\C/C=C\C/C=C\C/C=C\CCCCCCCCCCCCCCCCCCCC(=O)OCC(COC(=O)CCCCCCCCCCCC)OC(=O)CCCCCCCCC/C=C\CCCCCCCC. The van der Waals surface area contributed by atoms with Crippen LogP contribution >= 0.6 is 0 Å². The van der Waals surface area contributed by atoms with Crippen molar-refractivity contribution < 1.29 is 28.6 Å². The van der Waals surface area contributed by atoms with Gasteiger partial charge in [-0.2, -0.15) is 0 Å². The van der Waals surface area contributed by atoms with Crippen LogP contribution in [-0.2, 0) is 28.6 Å². The van der Waals surface area contributed by atoms with Crippen LogP contribution in [0.15, 0.2) is 72.9 Å². The van der Waals surface area contributed by atoms with Crippen molar-refractivity contribution in [2.45, 2.75) is 354 Å². The van der Waals surface area contributed by atoms with Gasteiger partial charge in [-0.05, 0) is 89.9 Å². The Kier molecular flexibility index (Phi) is 63.7. The van der Waals surface area contributed by atoms with Crippen molar-refractivity contribution in [3.05, 3.63) is 72.9 Å². The van der Waals surface area contributed by atoms with Gasteiger partial charge < -0.3 is 14.2 Å². The molecule has 6 nitrogen and oxygen atoms in total. The zero-order valence-electron chi connectivity index (χ0n) is 51.9. The first kappa shape index (κ1) is 74.8. The molecular weight excluding hydrogens is 961 g/mol. The molecule has 0 heterocycles. The van der Waals surface area contributed by atoms with Gasteiger partial charge in [0, 0.05) is 19.3 Å². The Labute approximate surface area is 484 Å². The van der Waals surface area contributed by atoms with Gasteiger partial charge in [0.15, 0.2) is 6.10 Å². The molecule has 0 aromatic rings. The number of carbonyl (C=O) groups is 3. The highest BCUT2D eigenvalue weighted by Crippen LogP contribution is 2.17. The average Bonchev–Trinajstić information content (AvgIpc) is 3.44. The Morgan fingerprint density at radius 2 is 0.500 bits per heavy atom. The Morgan fingerprint density at radius 1 is 0.269 bits per heavy atom. The van der Waals surface area contributed by atoms with Gasteiger partial charge in [-0.15, -0.1) is 0 Å². The second-order valence-electron chi connectivity index (χ2n) is 22.7. The van der Waals surface area contributed by atoms with Gasteiger partial charge in [0.2, 0.25) is 0 Å². The zero-order chi connectivity index (χ0) is 56.4. The second kappa shape index (κ2) is 66.4. The van der Waals surface area contributed by atoms with Gasteiger partial charge in [-0.1, -0.05) is 312 Å². The summed E-state index contributed by atoms with van der Waals surface area (Å²) in [5.41, 5.74) is 0. The first-order valence-corrected chi connectivity index (χ1v) is 33.9. The average molecular weight is 1090 g/mol. The molecule has 0 aromatic heterocycles. The third-order valence-corrected chi connectivity index (χ3v) is 14.9. The van der Waals surface area contributed by atoms with Crippen LogP contribution in [0.25, 0.3) is 0 Å². The Morgan fingerprint density at radius 3 is 0.795 bits per heavy atom. The van der Waals surface area contributed by atoms with E-state index in [1.165, 1.54) is 218 Å². The van der Waals surface area contributed by atoms with Crippen molar-refractivity contribution in [3.63, 3.8) is 0 Å². The number of esters is 3. The quantitative estimate of drug-likeness (QED) is 0.0261. The predicted molar refractivity (Wildman–Crippen MR) is 339 cm³/mol. The van der Waals surface area contributed by atoms with Crippen LogP contribution in [0.3, 0.4) is 0 Å². The molecule has 0 saturated heterocycles. The third kappa shape index (κ3) is 63.7. The maximum atomic E-state index is 12.9. The lowest BCUT2D eigenvalue weighted by molar-refractivity contribution is -0.167. The highest BCUT2D eigenvalue weighted by molar-refractivity contribution is 5.71. The van der Waals surface area contributed by atoms with E-state index in [-0.39, 0.29) is 31.1 Å². The molecule has 0 aromatic carbocycles. The number of hydrogen-bond donors (Lipinski definition) is 0. The lowest BCUT2D eigenvalue weighted by Crippen LogP contribution is -2.30. The van der Waals surface area contributed by atoms with E-state index in [0.29, 0.717) is 19.3 Å². The number of hydrogen-bond acceptors (Lipinski definition) is 6. The molecule has 1 atom stereocenters. The zero-order valence-corrected chi connectivity index (χ0v) is 51.9. The van der Waals surface area contributed by atoms with E-state index in [1.54, 1.807) is 0 Å². The van der Waals surface area contributed by atoms with Crippen LogP contribution in [-0.4, -0.2) is 37.2 Å². The first-order chi connectivity index (χ1) is 38.5. The normalized spacial score (nSPS) is 12.5. The first-order valence-electron chi connectivity index (χ1n) is 33.9. The molecule has 0 bridgehead atoms. The Hall–Kier alpha value is -3.15. The van der Waals surface area contributed by atoms with E-state index in [0.717, 1.165) is 89.9 Å². The van der Waals surface area contributed by atoms with Crippen LogP contribution < -0.4 is 0 Å². The minimum atomic E-state index is -0.773. The largest absolute Gasteiger partial charge is 0.462 e. The van der Waals surface area contributed by atoms with Crippen molar-refractivity contribution in [2.24, 2.45) is 0 Å². The maximum absolute atomic E-state index is 12.9. The van der Waals surface area contributed by atoms with E-state index < -0.39 is 6.10 Å². The fourth-order valence-electron chi connectivity index (χ4n) is 9.88. The predicted octanol–water partition coefficient (Wildman–Crippen LogP) is 23.3. The summed E-state index contributed by atoms with van der Waals surface area (Å²) in [6.45, 7) is 6.55. The summed E-state index contributed by atoms with van der Waals surface area (Å²) >= 11 is 0.